The van der Waals surface area contributed by atoms with Crippen molar-refractivity contribution in [2.75, 3.05) is 39.3 Å². The molecule has 2 saturated carbocycles. The normalized spacial score (nSPS) is 17.4. The third kappa shape index (κ3) is 16.4. The Morgan fingerprint density at radius 2 is 0.900 bits per heavy atom. The summed E-state index contributed by atoms with van der Waals surface area (Å²) in [6.45, 7) is 18.9. The van der Waals surface area contributed by atoms with Crippen molar-refractivity contribution in [1.82, 2.24) is 20.4 Å². The Kier molecular flexibility index (Phi) is 38.4. The molecule has 0 atom stereocenters. The zero-order chi connectivity index (χ0) is 24.7. The molecule has 0 unspecified atom stereocenters. The molecule has 10 heteroatoms. The average Bonchev–Trinajstić information content (AvgIpc) is 2.86. The van der Waals surface area contributed by atoms with Gasteiger partial charge in [-0.15, -0.1) is 0 Å². The molecular weight excluding hydrogens is 689 g/mol. The molecule has 0 bridgehead atoms. The fourth-order valence-corrected chi connectivity index (χ4v) is 7.49. The van der Waals surface area contributed by atoms with Gasteiger partial charge >= 0.3 is 34.1 Å². The van der Waals surface area contributed by atoms with Crippen molar-refractivity contribution in [1.29, 1.82) is 0 Å². The number of rotatable bonds is 18. The van der Waals surface area contributed by atoms with E-state index in [0.717, 1.165) is 13.1 Å². The Hall–Kier alpha value is 2.04. The van der Waals surface area contributed by atoms with E-state index in [2.05, 4.69) is 55.1 Å². The van der Waals surface area contributed by atoms with Crippen LogP contribution in [0.2, 0.25) is 0 Å². The first-order valence-electron chi connectivity index (χ1n) is 15.6. The van der Waals surface area contributed by atoms with Crippen molar-refractivity contribution in [3.05, 3.63) is 0 Å². The van der Waals surface area contributed by atoms with Gasteiger partial charge in [0.15, 0.2) is 0 Å². The summed E-state index contributed by atoms with van der Waals surface area (Å²) in [4.78, 5) is 5.56. The summed E-state index contributed by atoms with van der Waals surface area (Å²) in [6, 6.07) is 0. The summed E-state index contributed by atoms with van der Waals surface area (Å²) < 4.78 is 0. The van der Waals surface area contributed by atoms with E-state index in [-0.39, 0.29) is 83.8 Å². The summed E-state index contributed by atoms with van der Waals surface area (Å²) in [7, 11) is 0. The van der Waals surface area contributed by atoms with Gasteiger partial charge in [0.1, 0.15) is 0 Å². The molecular formula is C30H62Cl4Cu2N4. The minimum atomic E-state index is 0. The second kappa shape index (κ2) is 29.7. The van der Waals surface area contributed by atoms with Gasteiger partial charge < -0.3 is 60.3 Å². The number of hydrogen-bond acceptors (Lipinski definition) is 4. The monoisotopic (exact) mass is 748 g/mol. The van der Waals surface area contributed by atoms with Crippen LogP contribution in [-0.2, 0) is 34.1 Å². The maximum absolute atomic E-state index is 4.01. The van der Waals surface area contributed by atoms with Crippen LogP contribution < -0.4 is 60.3 Å². The van der Waals surface area contributed by atoms with Crippen LogP contribution in [-0.4, -0.2) is 66.3 Å². The fourth-order valence-electron chi connectivity index (χ4n) is 7.49. The Balaban J connectivity index is -0.000000681. The van der Waals surface area contributed by atoms with E-state index in [1.54, 1.807) is 0 Å². The summed E-state index contributed by atoms with van der Waals surface area (Å²) in [5.74, 6) is 0. The second-order valence-corrected chi connectivity index (χ2v) is 11.4. The van der Waals surface area contributed by atoms with Gasteiger partial charge in [0, 0.05) is 11.1 Å². The molecule has 2 fully saturated rings. The van der Waals surface area contributed by atoms with Crippen molar-refractivity contribution in [2.24, 2.45) is 0 Å². The molecule has 252 valence electrons. The fraction of sp³-hybridized carbons (Fsp3) is 1.00. The van der Waals surface area contributed by atoms with E-state index in [9.17, 15) is 0 Å². The maximum Gasteiger partial charge on any atom is 2.00 e. The standard InChI is InChI=1S/C30H62N4.4ClH.2Cu/c1-6-11-14-19-28(31-26-24-29(33(7-2)8-3)20-15-12-16-21-29)32-27-25-30(34(9-4)10-5)22-17-13-18-23-30;;;;;;/h28,31-32H,6-27H2,1-5H3;4*1H;;/q;;;;;2*+2/p-4/i33+2,34+2;;;;;;. The van der Waals surface area contributed by atoms with Gasteiger partial charge in [0.25, 0.3) is 0 Å². The molecule has 0 aliphatic heterocycles. The molecule has 0 aromatic rings. The molecule has 0 aromatic carbocycles. The van der Waals surface area contributed by atoms with Crippen molar-refractivity contribution < 1.29 is 83.8 Å². The number of nitrogens with zero attached hydrogens (tertiary/aromatic N) is 2. The van der Waals surface area contributed by atoms with Crippen LogP contribution in [0.3, 0.4) is 0 Å². The summed E-state index contributed by atoms with van der Waals surface area (Å²) >= 11 is 0. The molecule has 0 saturated heterocycles. The van der Waals surface area contributed by atoms with Crippen LogP contribution >= 0.6 is 0 Å². The molecule has 2 N–H and O–H groups in total. The minimum Gasteiger partial charge on any atom is -1.00 e. The summed E-state index contributed by atoms with van der Waals surface area (Å²) in [6.07, 6.45) is 22.5. The Morgan fingerprint density at radius 1 is 0.550 bits per heavy atom. The van der Waals surface area contributed by atoms with E-state index in [4.69, 9.17) is 0 Å². The maximum atomic E-state index is 4.01. The largest absolute Gasteiger partial charge is 2.00 e. The Morgan fingerprint density at radius 3 is 1.20 bits per heavy atom. The van der Waals surface area contributed by atoms with Crippen LogP contribution in [0.15, 0.2) is 0 Å². The molecule has 0 heterocycles. The first-order valence-corrected chi connectivity index (χ1v) is 15.6. The van der Waals surface area contributed by atoms with Gasteiger partial charge in [-0.3, -0.25) is 9.80 Å². The van der Waals surface area contributed by atoms with Crippen LogP contribution in [0.5, 0.6) is 0 Å². The molecule has 0 spiro atoms. The van der Waals surface area contributed by atoms with Gasteiger partial charge in [0.2, 0.25) is 0 Å². The predicted molar refractivity (Wildman–Crippen MR) is 151 cm³/mol. The van der Waals surface area contributed by atoms with E-state index in [0.29, 0.717) is 17.2 Å². The molecule has 2 radical (unpaired) electrons. The summed E-state index contributed by atoms with van der Waals surface area (Å²) in [5, 5.41) is 8.02. The molecule has 2 aliphatic carbocycles. The van der Waals surface area contributed by atoms with E-state index < -0.39 is 0 Å². The molecule has 40 heavy (non-hydrogen) atoms. The van der Waals surface area contributed by atoms with Gasteiger partial charge in [-0.25, -0.2) is 0 Å². The second-order valence-electron chi connectivity index (χ2n) is 11.4. The number of halogens is 4. The van der Waals surface area contributed by atoms with Crippen LogP contribution in [0, 0.1) is 0 Å². The third-order valence-electron chi connectivity index (χ3n) is 9.50. The zero-order valence-corrected chi connectivity index (χ0v) is 31.1. The van der Waals surface area contributed by atoms with Crippen molar-refractivity contribution in [3.8, 4) is 0 Å². The van der Waals surface area contributed by atoms with Gasteiger partial charge in [-0.2, -0.15) is 0 Å². The molecule has 0 amide bonds. The van der Waals surface area contributed by atoms with Gasteiger partial charge in [-0.05, 0) is 84.2 Å². The molecule has 2 aliphatic rings. The molecule has 4 nitrogen and oxygen atoms in total. The van der Waals surface area contributed by atoms with Crippen molar-refractivity contribution in [3.63, 3.8) is 0 Å². The van der Waals surface area contributed by atoms with E-state index in [1.807, 2.05) is 0 Å². The average molecular weight is 752 g/mol. The van der Waals surface area contributed by atoms with Crippen molar-refractivity contribution >= 4 is 0 Å². The Labute approximate surface area is 296 Å². The van der Waals surface area contributed by atoms with E-state index in [1.165, 1.54) is 129 Å². The zero-order valence-electron chi connectivity index (χ0n) is 26.1. The van der Waals surface area contributed by atoms with Crippen LogP contribution in [0.4, 0.5) is 0 Å². The topological polar surface area (TPSA) is 30.5 Å². The number of unbranched alkanes of at least 4 members (excludes halogenated alkanes) is 2. The smallest absolute Gasteiger partial charge is 1.00 e. The first-order chi connectivity index (χ1) is 16.6. The third-order valence-corrected chi connectivity index (χ3v) is 9.50. The summed E-state index contributed by atoms with van der Waals surface area (Å²) in [5.41, 5.74) is 0.884. The predicted octanol–water partition coefficient (Wildman–Crippen LogP) is -5.05. The molecule has 0 aromatic heterocycles. The molecule has 2 rings (SSSR count). The van der Waals surface area contributed by atoms with Crippen LogP contribution in [0.25, 0.3) is 0 Å². The quantitative estimate of drug-likeness (QED) is 0.0836. The van der Waals surface area contributed by atoms with Gasteiger partial charge in [0.05, 0.1) is 6.17 Å². The van der Waals surface area contributed by atoms with E-state index >= 15 is 0 Å². The Bertz CT molecular complexity index is 478. The minimum absolute atomic E-state index is 0. The van der Waals surface area contributed by atoms with Crippen LogP contribution in [0.1, 0.15) is 137 Å². The number of nitrogens with one attached hydrogen (secondary N) is 2. The first kappa shape index (κ1) is 51.6. The van der Waals surface area contributed by atoms with Gasteiger partial charge in [-0.1, -0.05) is 92.4 Å². The van der Waals surface area contributed by atoms with Crippen molar-refractivity contribution in [2.45, 2.75) is 155 Å². The number of hydrogen-bond donors (Lipinski definition) is 2. The SMILES string of the molecule is CCCCCC(NCCC1([16N](CC)CC)CCCCC1)NCCC1([16N](CC)CC)CCCCC1.[Cl-].[Cl-].[Cl-].[Cl-].[Cu+2].[Cu+2].